The number of alkyl halides is 3. The van der Waals surface area contributed by atoms with Crippen molar-refractivity contribution in [2.75, 3.05) is 18.9 Å². The van der Waals surface area contributed by atoms with Gasteiger partial charge in [-0.2, -0.15) is 13.2 Å². The molecule has 0 bridgehead atoms. The molecule has 1 saturated heterocycles. The first kappa shape index (κ1) is 25.0. The van der Waals surface area contributed by atoms with Crippen molar-refractivity contribution in [3.8, 4) is 0 Å². The molecule has 0 aliphatic carbocycles. The Bertz CT molecular complexity index is 1330. The molecule has 0 amide bonds. The van der Waals surface area contributed by atoms with Crippen molar-refractivity contribution in [1.29, 1.82) is 0 Å². The molecule has 3 atom stereocenters. The zero-order valence-corrected chi connectivity index (χ0v) is 20.7. The molecular formula is C28H29F3N6. The maximum absolute atomic E-state index is 13.5. The second-order valence-corrected chi connectivity index (χ2v) is 9.57. The van der Waals surface area contributed by atoms with E-state index >= 15 is 0 Å². The molecular weight excluding hydrogens is 477 g/mol. The zero-order valence-electron chi connectivity index (χ0n) is 20.7. The molecule has 4 aromatic rings. The van der Waals surface area contributed by atoms with Gasteiger partial charge in [0.1, 0.15) is 11.4 Å². The van der Waals surface area contributed by atoms with E-state index in [4.69, 9.17) is 4.98 Å². The predicted molar refractivity (Wildman–Crippen MR) is 136 cm³/mol. The van der Waals surface area contributed by atoms with Gasteiger partial charge in [-0.05, 0) is 62.5 Å². The van der Waals surface area contributed by atoms with E-state index in [1.165, 1.54) is 12.1 Å². The summed E-state index contributed by atoms with van der Waals surface area (Å²) in [7, 11) is 2.01. The topological polar surface area (TPSA) is 69.7 Å². The second-order valence-electron chi connectivity index (χ2n) is 9.57. The van der Waals surface area contributed by atoms with Crippen LogP contribution in [0.1, 0.15) is 59.9 Å². The molecule has 1 aliphatic rings. The van der Waals surface area contributed by atoms with Crippen molar-refractivity contribution in [3.05, 3.63) is 107 Å². The van der Waals surface area contributed by atoms with Gasteiger partial charge in [-0.25, -0.2) is 15.0 Å². The van der Waals surface area contributed by atoms with Crippen LogP contribution >= 0.6 is 0 Å². The van der Waals surface area contributed by atoms with Crippen LogP contribution in [0.2, 0.25) is 0 Å². The number of piperidine rings is 1. The number of benzene rings is 2. The fourth-order valence-electron chi connectivity index (χ4n) is 5.28. The smallest absolute Gasteiger partial charge is 0.348 e. The summed E-state index contributed by atoms with van der Waals surface area (Å²) in [6.45, 7) is 2.71. The summed E-state index contributed by atoms with van der Waals surface area (Å²) < 4.78 is 40.4. The molecule has 6 nitrogen and oxygen atoms in total. The van der Waals surface area contributed by atoms with Crippen molar-refractivity contribution in [1.82, 2.24) is 24.8 Å². The number of H-pyrrole nitrogens is 1. The predicted octanol–water partition coefficient (Wildman–Crippen LogP) is 6.14. The van der Waals surface area contributed by atoms with E-state index < -0.39 is 17.3 Å². The number of halogens is 3. The van der Waals surface area contributed by atoms with Gasteiger partial charge < -0.3 is 10.3 Å². The number of aromatic amines is 1. The van der Waals surface area contributed by atoms with Crippen LogP contribution < -0.4 is 5.32 Å². The van der Waals surface area contributed by atoms with Crippen LogP contribution in [0, 0.1) is 0 Å². The highest BCUT2D eigenvalue weighted by molar-refractivity contribution is 5.38. The van der Waals surface area contributed by atoms with Gasteiger partial charge in [-0.3, -0.25) is 4.90 Å². The fraction of sp³-hybridized carbons (Fsp3) is 0.321. The summed E-state index contributed by atoms with van der Waals surface area (Å²) in [6, 6.07) is 17.6. The van der Waals surface area contributed by atoms with Gasteiger partial charge in [-0.15, -0.1) is 0 Å². The Morgan fingerprint density at radius 2 is 1.86 bits per heavy atom. The third kappa shape index (κ3) is 4.96. The van der Waals surface area contributed by atoms with Crippen LogP contribution in [0.15, 0.2) is 79.3 Å². The van der Waals surface area contributed by atoms with Crippen LogP contribution in [-0.4, -0.2) is 38.4 Å². The summed E-state index contributed by atoms with van der Waals surface area (Å²) in [5.74, 6) is 1.07. The van der Waals surface area contributed by atoms with Crippen LogP contribution in [-0.2, 0) is 11.7 Å². The van der Waals surface area contributed by atoms with E-state index in [2.05, 4.69) is 25.2 Å². The number of anilines is 1. The largest absolute Gasteiger partial charge is 0.416 e. The summed E-state index contributed by atoms with van der Waals surface area (Å²) in [4.78, 5) is 19.4. The Balaban J connectivity index is 1.52. The number of likely N-dealkylation sites (tertiary alicyclic amines) is 1. The maximum atomic E-state index is 13.5. The number of nitrogens with one attached hydrogen (secondary N) is 2. The summed E-state index contributed by atoms with van der Waals surface area (Å²) in [5, 5.41) is 3.39. The molecule has 3 heterocycles. The van der Waals surface area contributed by atoms with Gasteiger partial charge in [0.15, 0.2) is 0 Å². The average molecular weight is 507 g/mol. The van der Waals surface area contributed by atoms with E-state index in [1.54, 1.807) is 24.7 Å². The van der Waals surface area contributed by atoms with Crippen LogP contribution in [0.5, 0.6) is 0 Å². The molecule has 0 saturated carbocycles. The normalized spacial score (nSPS) is 21.5. The molecule has 3 unspecified atom stereocenters. The third-order valence-electron chi connectivity index (χ3n) is 7.31. The minimum atomic E-state index is -4.39. The average Bonchev–Trinajstić information content (AvgIpc) is 3.45. The van der Waals surface area contributed by atoms with E-state index in [-0.39, 0.29) is 12.0 Å². The molecule has 0 radical (unpaired) electrons. The van der Waals surface area contributed by atoms with Crippen molar-refractivity contribution in [3.63, 3.8) is 0 Å². The number of hydrogen-bond acceptors (Lipinski definition) is 5. The lowest BCUT2D eigenvalue weighted by atomic mass is 9.74. The molecule has 37 heavy (non-hydrogen) atoms. The van der Waals surface area contributed by atoms with Crippen LogP contribution in [0.4, 0.5) is 19.1 Å². The first-order valence-corrected chi connectivity index (χ1v) is 12.3. The van der Waals surface area contributed by atoms with Gasteiger partial charge in [-0.1, -0.05) is 48.5 Å². The molecule has 5 rings (SSSR count). The van der Waals surface area contributed by atoms with Gasteiger partial charge in [0, 0.05) is 18.6 Å². The Hall–Kier alpha value is -3.72. The highest BCUT2D eigenvalue weighted by Gasteiger charge is 2.47. The Morgan fingerprint density at radius 1 is 1.05 bits per heavy atom. The van der Waals surface area contributed by atoms with E-state index in [0.29, 0.717) is 30.3 Å². The summed E-state index contributed by atoms with van der Waals surface area (Å²) in [5.41, 5.74) is 1.12. The monoisotopic (exact) mass is 506 g/mol. The number of aromatic nitrogens is 4. The zero-order chi connectivity index (χ0) is 26.0. The van der Waals surface area contributed by atoms with Crippen molar-refractivity contribution < 1.29 is 13.2 Å². The molecule has 192 valence electrons. The van der Waals surface area contributed by atoms with Gasteiger partial charge >= 0.3 is 6.18 Å². The number of nitrogens with zero attached hydrogens (tertiary/aromatic N) is 4. The minimum Gasteiger partial charge on any atom is -0.348 e. The van der Waals surface area contributed by atoms with Crippen molar-refractivity contribution in [2.24, 2.45) is 0 Å². The summed E-state index contributed by atoms with van der Waals surface area (Å²) in [6.07, 6.45) is 2.02. The number of imidazole rings is 1. The Morgan fingerprint density at radius 3 is 2.59 bits per heavy atom. The summed E-state index contributed by atoms with van der Waals surface area (Å²) >= 11 is 0. The SMILES string of the molecule is CC(Nc1nccc(C2(c3ncc[nH]3)CC(c3cccc(C(F)(F)F)c3)CCN2C)n1)c1ccccc1. The second kappa shape index (κ2) is 9.97. The fourth-order valence-corrected chi connectivity index (χ4v) is 5.28. The number of hydrogen-bond donors (Lipinski definition) is 2. The lowest BCUT2D eigenvalue weighted by Gasteiger charge is -2.46. The minimum absolute atomic E-state index is 0.0158. The molecule has 9 heteroatoms. The Labute approximate surface area is 214 Å². The lowest BCUT2D eigenvalue weighted by Crippen LogP contribution is -2.51. The molecule has 2 aromatic carbocycles. The highest BCUT2D eigenvalue weighted by atomic mass is 19.4. The van der Waals surface area contributed by atoms with Gasteiger partial charge in [0.25, 0.3) is 0 Å². The van der Waals surface area contributed by atoms with Gasteiger partial charge in [0.05, 0.1) is 17.3 Å². The molecule has 2 aromatic heterocycles. The van der Waals surface area contributed by atoms with Crippen molar-refractivity contribution in [2.45, 2.75) is 43.4 Å². The first-order valence-electron chi connectivity index (χ1n) is 12.3. The highest BCUT2D eigenvalue weighted by Crippen LogP contribution is 2.46. The quantitative estimate of drug-likeness (QED) is 0.329. The Kier molecular flexibility index (Phi) is 6.72. The molecule has 1 fully saturated rings. The van der Waals surface area contributed by atoms with Crippen molar-refractivity contribution >= 4 is 5.95 Å². The van der Waals surface area contributed by atoms with E-state index in [9.17, 15) is 13.2 Å². The standard InChI is InChI=1S/C28H29F3N6/c1-19(20-7-4-3-5-8-20)35-26-34-13-11-24(36-26)27(25-32-14-15-33-25)18-22(12-16-37(27)2)21-9-6-10-23(17-21)28(29,30)31/h3-11,13-15,17,19,22H,12,16,18H2,1-2H3,(H,32,33)(H,34,35,36). The van der Waals surface area contributed by atoms with Crippen LogP contribution in [0.25, 0.3) is 0 Å². The third-order valence-corrected chi connectivity index (χ3v) is 7.31. The molecule has 2 N–H and O–H groups in total. The van der Waals surface area contributed by atoms with Gasteiger partial charge in [0.2, 0.25) is 5.95 Å². The molecule has 1 aliphatic heterocycles. The van der Waals surface area contributed by atoms with E-state index in [1.807, 2.05) is 50.4 Å². The molecule has 0 spiro atoms. The van der Waals surface area contributed by atoms with E-state index in [0.717, 1.165) is 23.7 Å². The maximum Gasteiger partial charge on any atom is 0.416 e. The number of rotatable bonds is 6. The lowest BCUT2D eigenvalue weighted by molar-refractivity contribution is -0.137. The first-order chi connectivity index (χ1) is 17.8. The van der Waals surface area contributed by atoms with Crippen LogP contribution in [0.3, 0.4) is 0 Å².